The van der Waals surface area contributed by atoms with Crippen LogP contribution in [0.2, 0.25) is 0 Å². The average molecular weight is 460 g/mol. The second-order valence-corrected chi connectivity index (χ2v) is 9.94. The maximum absolute atomic E-state index is 12.9. The first kappa shape index (κ1) is 21.4. The van der Waals surface area contributed by atoms with Gasteiger partial charge in [0.05, 0.1) is 10.6 Å². The predicted molar refractivity (Wildman–Crippen MR) is 132 cm³/mol. The van der Waals surface area contributed by atoms with Crippen molar-refractivity contribution in [2.75, 3.05) is 42.8 Å². The van der Waals surface area contributed by atoms with Gasteiger partial charge in [-0.25, -0.2) is 8.42 Å². The predicted octanol–water partition coefficient (Wildman–Crippen LogP) is 3.85. The summed E-state index contributed by atoms with van der Waals surface area (Å²) < 4.78 is 28.4. The van der Waals surface area contributed by atoms with Crippen LogP contribution < -0.4 is 9.62 Å². The van der Waals surface area contributed by atoms with Gasteiger partial charge in [-0.05, 0) is 54.2 Å². The summed E-state index contributed by atoms with van der Waals surface area (Å²) in [5.41, 5.74) is 2.12. The maximum atomic E-state index is 12.9. The van der Waals surface area contributed by atoms with Crippen LogP contribution in [0.4, 0.5) is 11.5 Å². The van der Waals surface area contributed by atoms with E-state index in [0.29, 0.717) is 5.69 Å². The largest absolute Gasteiger partial charge is 0.353 e. The molecule has 8 heteroatoms. The van der Waals surface area contributed by atoms with Crippen molar-refractivity contribution in [2.24, 2.45) is 0 Å². The molecule has 0 radical (unpaired) electrons. The second kappa shape index (κ2) is 8.80. The molecule has 0 amide bonds. The van der Waals surface area contributed by atoms with E-state index in [1.165, 1.54) is 0 Å². The lowest BCUT2D eigenvalue weighted by Gasteiger charge is -2.32. The summed E-state index contributed by atoms with van der Waals surface area (Å²) in [7, 11) is -1.57. The molecular weight excluding hydrogens is 434 g/mol. The third kappa shape index (κ3) is 4.67. The van der Waals surface area contributed by atoms with Gasteiger partial charge in [0, 0.05) is 37.4 Å². The van der Waals surface area contributed by atoms with Crippen molar-refractivity contribution in [3.63, 3.8) is 0 Å². The molecule has 1 fully saturated rings. The summed E-state index contributed by atoms with van der Waals surface area (Å²) in [5.74, 6) is 0.881. The molecule has 4 aromatic rings. The quantitative estimate of drug-likeness (QED) is 0.488. The van der Waals surface area contributed by atoms with Gasteiger partial charge in [0.1, 0.15) is 0 Å². The van der Waals surface area contributed by atoms with E-state index >= 15 is 0 Å². The Morgan fingerprint density at radius 3 is 2.21 bits per heavy atom. The van der Waals surface area contributed by atoms with E-state index in [9.17, 15) is 8.42 Å². The lowest BCUT2D eigenvalue weighted by Crippen LogP contribution is -2.44. The number of sulfonamides is 1. The Morgan fingerprint density at radius 2 is 1.52 bits per heavy atom. The van der Waals surface area contributed by atoms with Gasteiger partial charge in [-0.2, -0.15) is 0 Å². The zero-order valence-corrected chi connectivity index (χ0v) is 19.2. The number of aromatic nitrogens is 2. The normalized spacial score (nSPS) is 15.0. The first-order chi connectivity index (χ1) is 16.0. The third-order valence-corrected chi connectivity index (χ3v) is 7.32. The second-order valence-electron chi connectivity index (χ2n) is 8.26. The molecule has 3 aromatic carbocycles. The van der Waals surface area contributed by atoms with Crippen molar-refractivity contribution in [1.82, 2.24) is 15.1 Å². The summed E-state index contributed by atoms with van der Waals surface area (Å²) in [6.45, 7) is 3.91. The molecule has 1 aromatic heterocycles. The number of likely N-dealkylation sites (N-methyl/N-ethyl adjacent to an activating group) is 1. The Kier molecular flexibility index (Phi) is 5.70. The molecule has 0 spiro atoms. The van der Waals surface area contributed by atoms with Crippen LogP contribution in [0.15, 0.2) is 83.8 Å². The molecule has 2 heterocycles. The molecule has 0 aliphatic carbocycles. The van der Waals surface area contributed by atoms with Crippen LogP contribution in [0.5, 0.6) is 0 Å². The summed E-state index contributed by atoms with van der Waals surface area (Å²) in [6, 6.07) is 23.9. The van der Waals surface area contributed by atoms with Crippen LogP contribution in [-0.4, -0.2) is 56.7 Å². The van der Waals surface area contributed by atoms with Crippen molar-refractivity contribution < 1.29 is 8.42 Å². The number of benzene rings is 3. The summed E-state index contributed by atoms with van der Waals surface area (Å²) in [6.07, 6.45) is 0. The standard InChI is InChI=1S/C25H25N5O2S/c1-29-14-16-30(17-15-29)25-13-12-24(26-27-25)20-6-9-22(10-7-20)28-33(31,32)23-11-8-19-4-2-3-5-21(19)18-23/h2-13,18,28H,14-17H2,1H3. The highest BCUT2D eigenvalue weighted by atomic mass is 32.2. The van der Waals surface area contributed by atoms with E-state index in [4.69, 9.17) is 0 Å². The topological polar surface area (TPSA) is 78.4 Å². The Labute approximate surface area is 193 Å². The van der Waals surface area contributed by atoms with Gasteiger partial charge >= 0.3 is 0 Å². The number of hydrogen-bond acceptors (Lipinski definition) is 6. The van der Waals surface area contributed by atoms with Crippen LogP contribution in [0.25, 0.3) is 22.0 Å². The molecular formula is C25H25N5O2S. The molecule has 0 unspecified atom stereocenters. The minimum absolute atomic E-state index is 0.232. The van der Waals surface area contributed by atoms with Crippen LogP contribution in [0, 0.1) is 0 Å². The highest BCUT2D eigenvalue weighted by Crippen LogP contribution is 2.24. The third-order valence-electron chi connectivity index (χ3n) is 5.94. The number of hydrogen-bond donors (Lipinski definition) is 1. The van der Waals surface area contributed by atoms with E-state index in [1.54, 1.807) is 24.3 Å². The minimum Gasteiger partial charge on any atom is -0.353 e. The van der Waals surface area contributed by atoms with Crippen LogP contribution >= 0.6 is 0 Å². The lowest BCUT2D eigenvalue weighted by atomic mass is 10.1. The SMILES string of the molecule is CN1CCN(c2ccc(-c3ccc(NS(=O)(=O)c4ccc5ccccc5c4)cc3)nn2)CC1. The highest BCUT2D eigenvalue weighted by molar-refractivity contribution is 7.92. The Morgan fingerprint density at radius 1 is 0.788 bits per heavy atom. The van der Waals surface area contributed by atoms with Gasteiger partial charge in [-0.15, -0.1) is 10.2 Å². The van der Waals surface area contributed by atoms with E-state index in [1.807, 2.05) is 54.6 Å². The smallest absolute Gasteiger partial charge is 0.261 e. The van der Waals surface area contributed by atoms with E-state index in [0.717, 1.165) is 54.0 Å². The monoisotopic (exact) mass is 459 g/mol. The lowest BCUT2D eigenvalue weighted by molar-refractivity contribution is 0.312. The van der Waals surface area contributed by atoms with Gasteiger partial charge in [-0.3, -0.25) is 4.72 Å². The van der Waals surface area contributed by atoms with Gasteiger partial charge in [0.25, 0.3) is 10.0 Å². The van der Waals surface area contributed by atoms with Crippen LogP contribution in [0.1, 0.15) is 0 Å². The van der Waals surface area contributed by atoms with Crippen molar-refractivity contribution in [1.29, 1.82) is 0 Å². The Balaban J connectivity index is 1.30. The van der Waals surface area contributed by atoms with Gasteiger partial charge in [0.2, 0.25) is 0 Å². The molecule has 1 saturated heterocycles. The Hall–Kier alpha value is -3.49. The van der Waals surface area contributed by atoms with E-state index in [2.05, 4.69) is 31.8 Å². The molecule has 168 valence electrons. The van der Waals surface area contributed by atoms with Gasteiger partial charge in [-0.1, -0.05) is 42.5 Å². The summed E-state index contributed by atoms with van der Waals surface area (Å²) >= 11 is 0. The number of nitrogens with one attached hydrogen (secondary N) is 1. The number of anilines is 2. The van der Waals surface area contributed by atoms with Gasteiger partial charge in [0.15, 0.2) is 5.82 Å². The summed E-state index contributed by atoms with van der Waals surface area (Å²) in [5, 5.41) is 10.7. The first-order valence-electron chi connectivity index (χ1n) is 10.9. The maximum Gasteiger partial charge on any atom is 0.261 e. The fourth-order valence-corrected chi connectivity index (χ4v) is 5.03. The number of piperazine rings is 1. The molecule has 0 saturated carbocycles. The fraction of sp³-hybridized carbons (Fsp3) is 0.200. The minimum atomic E-state index is -3.69. The van der Waals surface area contributed by atoms with Crippen molar-refractivity contribution in [3.05, 3.63) is 78.9 Å². The zero-order chi connectivity index (χ0) is 22.8. The van der Waals surface area contributed by atoms with Crippen LogP contribution in [-0.2, 0) is 10.0 Å². The van der Waals surface area contributed by atoms with Crippen molar-refractivity contribution in [2.45, 2.75) is 4.90 Å². The highest BCUT2D eigenvalue weighted by Gasteiger charge is 2.17. The van der Waals surface area contributed by atoms with E-state index in [-0.39, 0.29) is 4.90 Å². The van der Waals surface area contributed by atoms with Gasteiger partial charge < -0.3 is 9.80 Å². The summed E-state index contributed by atoms with van der Waals surface area (Å²) in [4.78, 5) is 4.77. The number of nitrogens with zero attached hydrogens (tertiary/aromatic N) is 4. The molecule has 1 N–H and O–H groups in total. The average Bonchev–Trinajstić information content (AvgIpc) is 2.85. The van der Waals surface area contributed by atoms with E-state index < -0.39 is 10.0 Å². The van der Waals surface area contributed by atoms with Crippen molar-refractivity contribution in [3.8, 4) is 11.3 Å². The van der Waals surface area contributed by atoms with Crippen LogP contribution in [0.3, 0.4) is 0 Å². The molecule has 5 rings (SSSR count). The molecule has 0 atom stereocenters. The number of fused-ring (bicyclic) bond motifs is 1. The molecule has 0 bridgehead atoms. The Bertz CT molecular complexity index is 1360. The number of rotatable bonds is 5. The zero-order valence-electron chi connectivity index (χ0n) is 18.3. The molecule has 33 heavy (non-hydrogen) atoms. The first-order valence-corrected chi connectivity index (χ1v) is 12.4. The fourth-order valence-electron chi connectivity index (χ4n) is 3.94. The molecule has 1 aliphatic rings. The molecule has 1 aliphatic heterocycles. The van der Waals surface area contributed by atoms with Crippen molar-refractivity contribution >= 4 is 32.3 Å². The molecule has 7 nitrogen and oxygen atoms in total.